The van der Waals surface area contributed by atoms with Gasteiger partial charge in [0, 0.05) is 52.4 Å². The Hall–Kier alpha value is -3.37. The minimum Gasteiger partial charge on any atom is -0.494 e. The smallest absolute Gasteiger partial charge is 0.296 e. The van der Waals surface area contributed by atoms with Crippen LogP contribution in [0.1, 0.15) is 25.1 Å². The molecule has 5 heterocycles. The number of ether oxygens (including phenoxy) is 2. The number of thiocarbonyl (C=S) groups is 1. The SMILES string of the molecule is COc1cccc2c1nc(C(F)F)n2-c1nc(N2CCOCC2)nc(N2CCN(C(=S)SCC(=O)N3CCCC3)CC2)n1. The molecule has 3 aromatic rings. The number of alkyl halides is 2. The predicted octanol–water partition coefficient (Wildman–Crippen LogP) is 2.76. The van der Waals surface area contributed by atoms with Gasteiger partial charge in [0.1, 0.15) is 15.6 Å². The van der Waals surface area contributed by atoms with Gasteiger partial charge in [0.05, 0.1) is 31.6 Å². The van der Waals surface area contributed by atoms with Crippen LogP contribution in [0.5, 0.6) is 5.75 Å². The summed E-state index contributed by atoms with van der Waals surface area (Å²) in [5.74, 6) is 1.22. The lowest BCUT2D eigenvalue weighted by Gasteiger charge is -2.36. The fourth-order valence-electron chi connectivity index (χ4n) is 5.46. The second kappa shape index (κ2) is 13.1. The van der Waals surface area contributed by atoms with Crippen molar-refractivity contribution in [2.24, 2.45) is 0 Å². The number of para-hydroxylation sites is 1. The molecule has 16 heteroatoms. The summed E-state index contributed by atoms with van der Waals surface area (Å²) in [6.07, 6.45) is -0.754. The Morgan fingerprint density at radius 3 is 2.23 bits per heavy atom. The number of anilines is 2. The van der Waals surface area contributed by atoms with Crippen molar-refractivity contribution < 1.29 is 23.0 Å². The molecule has 0 saturated carbocycles. The molecule has 3 saturated heterocycles. The first-order valence-corrected chi connectivity index (χ1v) is 15.7. The number of rotatable bonds is 7. The van der Waals surface area contributed by atoms with Gasteiger partial charge in [-0.15, -0.1) is 0 Å². The van der Waals surface area contributed by atoms with Gasteiger partial charge in [0.2, 0.25) is 23.8 Å². The number of likely N-dealkylation sites (tertiary alicyclic amines) is 1. The minimum atomic E-state index is -2.87. The molecule has 0 radical (unpaired) electrons. The van der Waals surface area contributed by atoms with Crippen LogP contribution in [0, 0.1) is 0 Å². The summed E-state index contributed by atoms with van der Waals surface area (Å²) >= 11 is 7.06. The topological polar surface area (TPSA) is 105 Å². The normalized spacial score (nSPS) is 17.8. The molecule has 1 amide bonds. The highest BCUT2D eigenvalue weighted by molar-refractivity contribution is 8.23. The van der Waals surface area contributed by atoms with E-state index in [2.05, 4.69) is 14.9 Å². The van der Waals surface area contributed by atoms with E-state index >= 15 is 0 Å². The summed E-state index contributed by atoms with van der Waals surface area (Å²) in [4.78, 5) is 38.8. The number of carbonyl (C=O) groups is 1. The van der Waals surface area contributed by atoms with Gasteiger partial charge in [-0.2, -0.15) is 15.0 Å². The fraction of sp³-hybridized carbons (Fsp3) is 0.556. The molecule has 1 aromatic carbocycles. The predicted molar refractivity (Wildman–Crippen MR) is 164 cm³/mol. The van der Waals surface area contributed by atoms with Crippen LogP contribution in [0.2, 0.25) is 0 Å². The number of hydrogen-bond donors (Lipinski definition) is 0. The minimum absolute atomic E-state index is 0.0616. The van der Waals surface area contributed by atoms with Gasteiger partial charge in [-0.1, -0.05) is 30.0 Å². The zero-order chi connectivity index (χ0) is 29.9. The summed E-state index contributed by atoms with van der Waals surface area (Å²) in [5.41, 5.74) is 0.716. The van der Waals surface area contributed by atoms with Gasteiger partial charge in [-0.3, -0.25) is 9.36 Å². The molecule has 3 aliphatic rings. The van der Waals surface area contributed by atoms with E-state index in [-0.39, 0.29) is 11.9 Å². The number of piperazine rings is 1. The molecule has 0 aliphatic carbocycles. The third kappa shape index (κ3) is 6.31. The van der Waals surface area contributed by atoms with Gasteiger partial charge in [0.15, 0.2) is 5.82 Å². The Bertz CT molecular complexity index is 1470. The van der Waals surface area contributed by atoms with Crippen LogP contribution in [0.4, 0.5) is 20.7 Å². The first kappa shape index (κ1) is 29.7. The molecule has 0 N–H and O–H groups in total. The number of aromatic nitrogens is 5. The molecule has 2 aromatic heterocycles. The van der Waals surface area contributed by atoms with Crippen LogP contribution in [-0.4, -0.2) is 123 Å². The Kier molecular flexibility index (Phi) is 9.04. The lowest BCUT2D eigenvalue weighted by molar-refractivity contribution is -0.127. The van der Waals surface area contributed by atoms with E-state index < -0.39 is 12.2 Å². The molecule has 43 heavy (non-hydrogen) atoms. The van der Waals surface area contributed by atoms with Crippen molar-refractivity contribution in [2.45, 2.75) is 19.3 Å². The highest BCUT2D eigenvalue weighted by atomic mass is 32.2. The van der Waals surface area contributed by atoms with Gasteiger partial charge in [0.25, 0.3) is 6.43 Å². The number of amides is 1. The van der Waals surface area contributed by atoms with Crippen LogP contribution < -0.4 is 14.5 Å². The summed E-state index contributed by atoms with van der Waals surface area (Å²) < 4.78 is 41.6. The van der Waals surface area contributed by atoms with Crippen LogP contribution >= 0.6 is 24.0 Å². The quantitative estimate of drug-likeness (QED) is 0.358. The first-order valence-electron chi connectivity index (χ1n) is 14.3. The van der Waals surface area contributed by atoms with Crippen molar-refractivity contribution in [2.75, 3.05) is 88.2 Å². The number of morpholine rings is 1. The molecule has 3 fully saturated rings. The molecular formula is C27H33F2N9O3S2. The number of halogens is 2. The molecule has 230 valence electrons. The van der Waals surface area contributed by atoms with Gasteiger partial charge in [-0.05, 0) is 25.0 Å². The molecule has 12 nitrogen and oxygen atoms in total. The number of benzene rings is 1. The maximum atomic E-state index is 14.3. The molecule has 3 aliphatic heterocycles. The highest BCUT2D eigenvalue weighted by Gasteiger charge is 2.28. The lowest BCUT2D eigenvalue weighted by atomic mass is 10.3. The van der Waals surface area contributed by atoms with Crippen molar-refractivity contribution in [3.05, 3.63) is 24.0 Å². The average molecular weight is 634 g/mol. The van der Waals surface area contributed by atoms with Gasteiger partial charge in [-0.25, -0.2) is 13.8 Å². The Balaban J connectivity index is 1.26. The van der Waals surface area contributed by atoms with Crippen LogP contribution in [0.3, 0.4) is 0 Å². The number of imidazole rings is 1. The van der Waals surface area contributed by atoms with E-state index in [1.807, 2.05) is 14.7 Å². The zero-order valence-corrected chi connectivity index (χ0v) is 25.5. The number of nitrogens with zero attached hydrogens (tertiary/aromatic N) is 9. The fourth-order valence-corrected chi connectivity index (χ4v) is 6.62. The van der Waals surface area contributed by atoms with Crippen molar-refractivity contribution in [3.63, 3.8) is 0 Å². The highest BCUT2D eigenvalue weighted by Crippen LogP contribution is 2.32. The van der Waals surface area contributed by atoms with E-state index in [1.165, 1.54) is 23.4 Å². The first-order chi connectivity index (χ1) is 20.9. The van der Waals surface area contributed by atoms with Gasteiger partial charge >= 0.3 is 0 Å². The zero-order valence-electron chi connectivity index (χ0n) is 23.8. The van der Waals surface area contributed by atoms with Crippen molar-refractivity contribution in [3.8, 4) is 11.7 Å². The number of hydrogen-bond acceptors (Lipinski definition) is 11. The van der Waals surface area contributed by atoms with Crippen molar-refractivity contribution >= 4 is 57.1 Å². The van der Waals surface area contributed by atoms with E-state index in [0.29, 0.717) is 91.2 Å². The van der Waals surface area contributed by atoms with E-state index in [9.17, 15) is 13.6 Å². The number of fused-ring (bicyclic) bond motifs is 1. The second-order valence-corrected chi connectivity index (χ2v) is 12.0. The third-order valence-corrected chi connectivity index (χ3v) is 9.29. The van der Waals surface area contributed by atoms with E-state index in [1.54, 1.807) is 18.2 Å². The third-order valence-electron chi connectivity index (χ3n) is 7.78. The molecule has 0 spiro atoms. The Morgan fingerprint density at radius 1 is 0.930 bits per heavy atom. The molecular weight excluding hydrogens is 600 g/mol. The Morgan fingerprint density at radius 2 is 1.58 bits per heavy atom. The lowest BCUT2D eigenvalue weighted by Crippen LogP contribution is -2.48. The van der Waals surface area contributed by atoms with E-state index in [4.69, 9.17) is 31.7 Å². The monoisotopic (exact) mass is 633 g/mol. The van der Waals surface area contributed by atoms with Gasteiger partial charge < -0.3 is 29.1 Å². The molecule has 6 rings (SSSR count). The molecule has 0 unspecified atom stereocenters. The number of carbonyl (C=O) groups excluding carboxylic acids is 1. The number of thioether (sulfide) groups is 1. The van der Waals surface area contributed by atoms with Crippen LogP contribution in [-0.2, 0) is 9.53 Å². The second-order valence-electron chi connectivity index (χ2n) is 10.4. The maximum absolute atomic E-state index is 14.3. The largest absolute Gasteiger partial charge is 0.494 e. The summed E-state index contributed by atoms with van der Waals surface area (Å²) in [7, 11) is 1.47. The summed E-state index contributed by atoms with van der Waals surface area (Å²) in [6, 6.07) is 5.09. The summed E-state index contributed by atoms with van der Waals surface area (Å²) in [5, 5.41) is 0. The van der Waals surface area contributed by atoms with Crippen molar-refractivity contribution in [1.29, 1.82) is 0 Å². The Labute approximate surface area is 257 Å². The van der Waals surface area contributed by atoms with E-state index in [0.717, 1.165) is 25.9 Å². The molecule has 0 atom stereocenters. The van der Waals surface area contributed by atoms with Crippen LogP contribution in [0.25, 0.3) is 17.0 Å². The van der Waals surface area contributed by atoms with Crippen LogP contribution in [0.15, 0.2) is 18.2 Å². The maximum Gasteiger partial charge on any atom is 0.296 e. The van der Waals surface area contributed by atoms with Crippen molar-refractivity contribution in [1.82, 2.24) is 34.3 Å². The standard InChI is InChI=1S/C27H33F2N9O3S2/c1-40-19-6-4-5-18-21(19)30-23(22(28)29)38(18)26-32-24(31-25(33-26)36-13-15-41-16-14-36)35-9-11-37(12-10-35)27(42)43-17-20(39)34-7-2-3-8-34/h4-6,22H,2-3,7-17H2,1H3. The average Bonchev–Trinajstić information content (AvgIpc) is 3.73. The molecule has 0 bridgehead atoms. The summed E-state index contributed by atoms with van der Waals surface area (Å²) in [6.45, 7) is 6.17. The number of methoxy groups -OCH3 is 1.